The van der Waals surface area contributed by atoms with E-state index in [4.69, 9.17) is 4.74 Å². The maximum absolute atomic E-state index is 9.57. The Bertz CT molecular complexity index is 653. The summed E-state index contributed by atoms with van der Waals surface area (Å²) in [6.07, 6.45) is 3.86. The number of hydrogen-bond donors (Lipinski definition) is 2. The van der Waals surface area contributed by atoms with Gasteiger partial charge in [-0.25, -0.2) is 4.98 Å². The predicted molar refractivity (Wildman–Crippen MR) is 89.3 cm³/mol. The fourth-order valence-corrected chi connectivity index (χ4v) is 3.43. The fraction of sp³-hybridized carbons (Fsp3) is 0.500. The average Bonchev–Trinajstić information content (AvgIpc) is 3.05. The Morgan fingerprint density at radius 3 is 3.00 bits per heavy atom. The molecule has 2 heterocycles. The smallest absolute Gasteiger partial charge is 0.124 e. The number of aliphatic hydroxyl groups excluding tert-OH is 1. The van der Waals surface area contributed by atoms with Gasteiger partial charge in [-0.15, -0.1) is 0 Å². The Morgan fingerprint density at radius 1 is 1.39 bits per heavy atom. The van der Waals surface area contributed by atoms with Crippen LogP contribution in [0.15, 0.2) is 24.5 Å². The normalized spacial score (nSPS) is 18.0. The molecule has 0 aliphatic carbocycles. The molecule has 0 bridgehead atoms. The minimum atomic E-state index is 0.00386. The third-order valence-electron chi connectivity index (χ3n) is 4.52. The summed E-state index contributed by atoms with van der Waals surface area (Å²) in [5.74, 6) is 0.777. The van der Waals surface area contributed by atoms with Gasteiger partial charge in [0, 0.05) is 30.8 Å². The van der Waals surface area contributed by atoms with Crippen LogP contribution in [0.1, 0.15) is 48.8 Å². The van der Waals surface area contributed by atoms with Gasteiger partial charge >= 0.3 is 0 Å². The highest BCUT2D eigenvalue weighted by atomic mass is 16.5. The number of benzene rings is 1. The molecule has 124 valence electrons. The fourth-order valence-electron chi connectivity index (χ4n) is 3.43. The van der Waals surface area contributed by atoms with Gasteiger partial charge in [0.25, 0.3) is 0 Å². The summed E-state index contributed by atoms with van der Waals surface area (Å²) in [4.78, 5) is 10.2. The molecule has 2 aromatic rings. The lowest BCUT2D eigenvalue weighted by molar-refractivity contribution is 0.167. The second-order valence-electron chi connectivity index (χ2n) is 5.94. The largest absolute Gasteiger partial charge is 0.494 e. The van der Waals surface area contributed by atoms with E-state index in [0.717, 1.165) is 37.2 Å². The van der Waals surface area contributed by atoms with Crippen LogP contribution in [0, 0.1) is 0 Å². The summed E-state index contributed by atoms with van der Waals surface area (Å²) in [5.41, 5.74) is 4.52. The minimum Gasteiger partial charge on any atom is -0.494 e. The van der Waals surface area contributed by atoms with E-state index in [9.17, 15) is 5.11 Å². The van der Waals surface area contributed by atoms with Gasteiger partial charge in [-0.2, -0.15) is 0 Å². The van der Waals surface area contributed by atoms with Crippen LogP contribution in [0.4, 0.5) is 0 Å². The van der Waals surface area contributed by atoms with Crippen LogP contribution >= 0.6 is 0 Å². The standard InChI is InChI=1S/C18H25N3O2/c1-3-16-18-15(19-12-20-18)7-8-21(16)10-13-5-6-17(23-4-2)14(9-13)11-22/h5-6,9,12,16,22H,3-4,7-8,10-11H2,1-2H3,(H,19,20). The van der Waals surface area contributed by atoms with E-state index in [0.29, 0.717) is 12.6 Å². The summed E-state index contributed by atoms with van der Waals surface area (Å²) in [5, 5.41) is 9.57. The van der Waals surface area contributed by atoms with Crippen molar-refractivity contribution in [1.82, 2.24) is 14.9 Å². The van der Waals surface area contributed by atoms with Crippen LogP contribution in [0.3, 0.4) is 0 Å². The van der Waals surface area contributed by atoms with Crippen LogP contribution in [0.25, 0.3) is 0 Å². The van der Waals surface area contributed by atoms with Crippen molar-refractivity contribution in [2.75, 3.05) is 13.2 Å². The van der Waals surface area contributed by atoms with Crippen LogP contribution in [0.5, 0.6) is 5.75 Å². The molecule has 5 heteroatoms. The molecule has 0 spiro atoms. The number of aliphatic hydroxyl groups is 1. The third kappa shape index (κ3) is 3.26. The number of aromatic amines is 1. The van der Waals surface area contributed by atoms with Crippen molar-refractivity contribution in [2.45, 2.75) is 45.9 Å². The highest BCUT2D eigenvalue weighted by molar-refractivity contribution is 5.37. The number of hydrogen-bond acceptors (Lipinski definition) is 4. The molecule has 0 saturated carbocycles. The van der Waals surface area contributed by atoms with Crippen LogP contribution in [0.2, 0.25) is 0 Å². The van der Waals surface area contributed by atoms with Crippen molar-refractivity contribution in [1.29, 1.82) is 0 Å². The van der Waals surface area contributed by atoms with E-state index in [2.05, 4.69) is 33.9 Å². The molecule has 1 aliphatic heterocycles. The number of imidazole rings is 1. The van der Waals surface area contributed by atoms with Gasteiger partial charge in [0.1, 0.15) is 5.75 Å². The molecule has 1 atom stereocenters. The molecule has 1 aliphatic rings. The number of H-pyrrole nitrogens is 1. The van der Waals surface area contributed by atoms with E-state index in [1.807, 2.05) is 13.0 Å². The van der Waals surface area contributed by atoms with E-state index in [-0.39, 0.29) is 6.61 Å². The summed E-state index contributed by atoms with van der Waals surface area (Å²) < 4.78 is 5.56. The molecule has 2 N–H and O–H groups in total. The Kier molecular flexibility index (Phi) is 4.98. The number of ether oxygens (including phenoxy) is 1. The quantitative estimate of drug-likeness (QED) is 0.860. The second kappa shape index (κ2) is 7.15. The predicted octanol–water partition coefficient (Wildman–Crippen LogP) is 2.81. The van der Waals surface area contributed by atoms with Crippen molar-refractivity contribution in [3.63, 3.8) is 0 Å². The SMILES string of the molecule is CCOc1ccc(CN2CCc3[nH]cnc3C2CC)cc1CO. The van der Waals surface area contributed by atoms with Gasteiger partial charge in [0.15, 0.2) is 0 Å². The van der Waals surface area contributed by atoms with Gasteiger partial charge in [-0.1, -0.05) is 13.0 Å². The Hall–Kier alpha value is -1.85. The molecule has 0 saturated heterocycles. The van der Waals surface area contributed by atoms with Crippen molar-refractivity contribution < 1.29 is 9.84 Å². The van der Waals surface area contributed by atoms with Gasteiger partial charge in [0.05, 0.1) is 31.3 Å². The van der Waals surface area contributed by atoms with Crippen LogP contribution in [-0.2, 0) is 19.6 Å². The second-order valence-corrected chi connectivity index (χ2v) is 5.94. The number of nitrogens with one attached hydrogen (secondary N) is 1. The molecule has 0 radical (unpaired) electrons. The van der Waals surface area contributed by atoms with E-state index >= 15 is 0 Å². The zero-order valence-electron chi connectivity index (χ0n) is 13.9. The average molecular weight is 315 g/mol. The number of rotatable bonds is 6. The summed E-state index contributed by atoms with van der Waals surface area (Å²) >= 11 is 0. The first-order chi connectivity index (χ1) is 11.3. The van der Waals surface area contributed by atoms with E-state index in [1.54, 1.807) is 6.33 Å². The minimum absolute atomic E-state index is 0.00386. The first kappa shape index (κ1) is 16.0. The van der Waals surface area contributed by atoms with Crippen LogP contribution in [-0.4, -0.2) is 33.1 Å². The number of fused-ring (bicyclic) bond motifs is 1. The molecule has 5 nitrogen and oxygen atoms in total. The molecule has 3 rings (SSSR count). The van der Waals surface area contributed by atoms with Gasteiger partial charge in [-0.05, 0) is 31.0 Å². The van der Waals surface area contributed by atoms with Crippen molar-refractivity contribution >= 4 is 0 Å². The molecular formula is C18H25N3O2. The van der Waals surface area contributed by atoms with E-state index in [1.165, 1.54) is 17.0 Å². The number of aromatic nitrogens is 2. The molecular weight excluding hydrogens is 290 g/mol. The summed E-state index contributed by atoms with van der Waals surface area (Å²) in [7, 11) is 0. The maximum atomic E-state index is 9.57. The lowest BCUT2D eigenvalue weighted by Crippen LogP contribution is -2.34. The lowest BCUT2D eigenvalue weighted by Gasteiger charge is -2.34. The summed E-state index contributed by atoms with van der Waals surface area (Å²) in [6.45, 7) is 6.66. The topological polar surface area (TPSA) is 61.4 Å². The molecule has 0 amide bonds. The molecule has 0 fully saturated rings. The Labute approximate surface area is 137 Å². The first-order valence-electron chi connectivity index (χ1n) is 8.38. The van der Waals surface area contributed by atoms with E-state index < -0.39 is 0 Å². The highest BCUT2D eigenvalue weighted by Crippen LogP contribution is 2.31. The molecule has 1 unspecified atom stereocenters. The molecule has 1 aromatic heterocycles. The van der Waals surface area contributed by atoms with Crippen molar-refractivity contribution in [3.8, 4) is 5.75 Å². The van der Waals surface area contributed by atoms with Crippen molar-refractivity contribution in [2.24, 2.45) is 0 Å². The Morgan fingerprint density at radius 2 is 2.26 bits per heavy atom. The number of nitrogens with zero attached hydrogens (tertiary/aromatic N) is 2. The first-order valence-corrected chi connectivity index (χ1v) is 8.38. The van der Waals surface area contributed by atoms with Gasteiger partial charge in [0.2, 0.25) is 0 Å². The summed E-state index contributed by atoms with van der Waals surface area (Å²) in [6, 6.07) is 6.47. The van der Waals surface area contributed by atoms with Gasteiger partial charge in [-0.3, -0.25) is 4.90 Å². The zero-order chi connectivity index (χ0) is 16.2. The zero-order valence-corrected chi connectivity index (χ0v) is 13.9. The monoisotopic (exact) mass is 315 g/mol. The lowest BCUT2D eigenvalue weighted by atomic mass is 9.99. The highest BCUT2D eigenvalue weighted by Gasteiger charge is 2.28. The Balaban J connectivity index is 1.79. The maximum Gasteiger partial charge on any atom is 0.124 e. The van der Waals surface area contributed by atoms with Gasteiger partial charge < -0.3 is 14.8 Å². The van der Waals surface area contributed by atoms with Crippen LogP contribution < -0.4 is 4.74 Å². The third-order valence-corrected chi connectivity index (χ3v) is 4.52. The molecule has 23 heavy (non-hydrogen) atoms. The molecule has 1 aromatic carbocycles. The van der Waals surface area contributed by atoms with Crippen molar-refractivity contribution in [3.05, 3.63) is 47.0 Å².